The van der Waals surface area contributed by atoms with E-state index >= 15 is 0 Å². The van der Waals surface area contributed by atoms with Gasteiger partial charge < -0.3 is 9.47 Å². The molecule has 0 aliphatic carbocycles. The van der Waals surface area contributed by atoms with E-state index in [0.29, 0.717) is 26.4 Å². The lowest BCUT2D eigenvalue weighted by molar-refractivity contribution is 0.104. The molecule has 0 amide bonds. The molecule has 0 radical (unpaired) electrons. The highest BCUT2D eigenvalue weighted by Gasteiger charge is 2.17. The minimum atomic E-state index is -0.276. The first-order valence-electron chi connectivity index (χ1n) is 6.64. The zero-order valence-electron chi connectivity index (χ0n) is 12.8. The number of thiophene rings is 1. The summed E-state index contributed by atoms with van der Waals surface area (Å²) in [7, 11) is 3.08. The highest BCUT2D eigenvalue weighted by molar-refractivity contribution is 9.10. The van der Waals surface area contributed by atoms with Crippen molar-refractivity contribution in [3.63, 3.8) is 0 Å². The van der Waals surface area contributed by atoms with Gasteiger partial charge in [0.15, 0.2) is 11.5 Å². The van der Waals surface area contributed by atoms with Crippen molar-refractivity contribution >= 4 is 39.1 Å². The molecule has 2 rings (SSSR count). The fraction of sp³-hybridized carbons (Fsp3) is 0.176. The van der Waals surface area contributed by atoms with E-state index < -0.39 is 0 Å². The Hall–Kier alpha value is -2.10. The topological polar surface area (TPSA) is 59.3 Å². The lowest BCUT2D eigenvalue weighted by Crippen LogP contribution is -2.01. The number of ether oxygens (including phenoxy) is 2. The molecule has 0 N–H and O–H groups in total. The lowest BCUT2D eigenvalue weighted by atomic mass is 10.0. The average molecular weight is 392 g/mol. The summed E-state index contributed by atoms with van der Waals surface area (Å²) in [5, 5.41) is 11.2. The van der Waals surface area contributed by atoms with Gasteiger partial charge in [-0.15, -0.1) is 11.3 Å². The predicted molar refractivity (Wildman–Crippen MR) is 94.2 cm³/mol. The van der Waals surface area contributed by atoms with E-state index in [0.717, 1.165) is 5.56 Å². The van der Waals surface area contributed by atoms with Crippen LogP contribution in [-0.4, -0.2) is 20.0 Å². The van der Waals surface area contributed by atoms with E-state index in [2.05, 4.69) is 15.9 Å². The molecule has 0 spiro atoms. The van der Waals surface area contributed by atoms with Crippen molar-refractivity contribution < 1.29 is 14.3 Å². The third-order valence-corrected chi connectivity index (χ3v) is 4.94. The van der Waals surface area contributed by atoms with Crippen LogP contribution >= 0.6 is 27.3 Å². The Bertz CT molecular complexity index is 818. The minimum absolute atomic E-state index is 0.0727. The Morgan fingerprint density at radius 2 is 1.96 bits per heavy atom. The fourth-order valence-corrected chi connectivity index (χ4v) is 3.33. The molecule has 4 nitrogen and oxygen atoms in total. The Kier molecular flexibility index (Phi) is 5.59. The predicted octanol–water partition coefficient (Wildman–Crippen LogP) is 4.63. The van der Waals surface area contributed by atoms with Crippen molar-refractivity contribution in [3.8, 4) is 17.6 Å². The second kappa shape index (κ2) is 7.44. The van der Waals surface area contributed by atoms with E-state index in [1.807, 2.05) is 24.4 Å². The second-order valence-corrected chi connectivity index (χ2v) is 6.43. The molecular weight excluding hydrogens is 378 g/mol. The summed E-state index contributed by atoms with van der Waals surface area (Å²) >= 11 is 4.76. The normalized spacial score (nSPS) is 11.0. The van der Waals surface area contributed by atoms with Crippen LogP contribution in [0.4, 0.5) is 0 Å². The van der Waals surface area contributed by atoms with Crippen LogP contribution in [0.2, 0.25) is 0 Å². The average Bonchev–Trinajstić information content (AvgIpc) is 2.98. The first-order valence-corrected chi connectivity index (χ1v) is 8.31. The summed E-state index contributed by atoms with van der Waals surface area (Å²) in [5.74, 6) is 0.816. The van der Waals surface area contributed by atoms with Gasteiger partial charge in [0.1, 0.15) is 11.6 Å². The van der Waals surface area contributed by atoms with Gasteiger partial charge in [0.25, 0.3) is 0 Å². The smallest absolute Gasteiger partial charge is 0.213 e. The molecule has 0 saturated heterocycles. The largest absolute Gasteiger partial charge is 0.493 e. The van der Waals surface area contributed by atoms with Gasteiger partial charge >= 0.3 is 0 Å². The van der Waals surface area contributed by atoms with Crippen LogP contribution in [0.1, 0.15) is 20.8 Å². The quantitative estimate of drug-likeness (QED) is 0.423. The summed E-state index contributed by atoms with van der Waals surface area (Å²) in [6.45, 7) is 1.85. The molecule has 0 aliphatic heterocycles. The second-order valence-electron chi connectivity index (χ2n) is 4.66. The van der Waals surface area contributed by atoms with Gasteiger partial charge in [0.05, 0.1) is 19.1 Å². The van der Waals surface area contributed by atoms with Gasteiger partial charge in [-0.2, -0.15) is 5.26 Å². The van der Waals surface area contributed by atoms with Crippen LogP contribution in [0, 0.1) is 18.3 Å². The van der Waals surface area contributed by atoms with Gasteiger partial charge in [-0.1, -0.05) is 15.9 Å². The van der Waals surface area contributed by atoms with Gasteiger partial charge in [-0.05, 0) is 47.7 Å². The number of allylic oxidation sites excluding steroid dienone is 1. The minimum Gasteiger partial charge on any atom is -0.493 e. The van der Waals surface area contributed by atoms with Gasteiger partial charge in [0.2, 0.25) is 5.78 Å². The molecular formula is C17H14BrNO3S. The Morgan fingerprint density at radius 3 is 2.48 bits per heavy atom. The molecule has 118 valence electrons. The summed E-state index contributed by atoms with van der Waals surface area (Å²) in [5.41, 5.74) is 1.61. The number of carbonyl (C=O) groups excluding carboxylic acids is 1. The van der Waals surface area contributed by atoms with Crippen LogP contribution in [0.25, 0.3) is 6.08 Å². The molecule has 1 aromatic heterocycles. The lowest BCUT2D eigenvalue weighted by Gasteiger charge is -2.10. The summed E-state index contributed by atoms with van der Waals surface area (Å²) in [4.78, 5) is 13.1. The SMILES string of the molecule is COc1cc(Br)c(/C=C(/C#N)C(=O)c2sccc2C)cc1OC. The number of hydrogen-bond donors (Lipinski definition) is 0. The fourth-order valence-electron chi connectivity index (χ4n) is 2.01. The van der Waals surface area contributed by atoms with E-state index in [9.17, 15) is 10.1 Å². The zero-order valence-corrected chi connectivity index (χ0v) is 15.2. The van der Waals surface area contributed by atoms with E-state index in [1.54, 1.807) is 25.3 Å². The van der Waals surface area contributed by atoms with E-state index in [1.165, 1.54) is 18.4 Å². The maximum atomic E-state index is 12.5. The van der Waals surface area contributed by atoms with Crippen LogP contribution in [0.3, 0.4) is 0 Å². The van der Waals surface area contributed by atoms with Crippen LogP contribution in [0.5, 0.6) is 11.5 Å². The number of methoxy groups -OCH3 is 2. The number of halogens is 1. The van der Waals surface area contributed by atoms with Crippen molar-refractivity contribution in [1.82, 2.24) is 0 Å². The number of aryl methyl sites for hydroxylation is 1. The molecule has 0 saturated carbocycles. The zero-order chi connectivity index (χ0) is 17.0. The number of ketones is 1. The van der Waals surface area contributed by atoms with Crippen molar-refractivity contribution in [2.45, 2.75) is 6.92 Å². The molecule has 0 bridgehead atoms. The number of nitrogens with zero attached hydrogens (tertiary/aromatic N) is 1. The molecule has 0 aliphatic rings. The maximum absolute atomic E-state index is 12.5. The van der Waals surface area contributed by atoms with Gasteiger partial charge in [-0.3, -0.25) is 4.79 Å². The van der Waals surface area contributed by atoms with Crippen LogP contribution in [0.15, 0.2) is 33.6 Å². The number of carbonyl (C=O) groups is 1. The Balaban J connectivity index is 2.49. The summed E-state index contributed by atoms with van der Waals surface area (Å²) in [6.07, 6.45) is 1.55. The third kappa shape index (κ3) is 3.63. The highest BCUT2D eigenvalue weighted by atomic mass is 79.9. The van der Waals surface area contributed by atoms with Crippen molar-refractivity contribution in [2.75, 3.05) is 14.2 Å². The van der Waals surface area contributed by atoms with E-state index in [-0.39, 0.29) is 11.4 Å². The molecule has 1 heterocycles. The first-order chi connectivity index (χ1) is 11.0. The van der Waals surface area contributed by atoms with E-state index in [4.69, 9.17) is 9.47 Å². The molecule has 2 aromatic rings. The van der Waals surface area contributed by atoms with Crippen molar-refractivity contribution in [1.29, 1.82) is 5.26 Å². The number of nitriles is 1. The van der Waals surface area contributed by atoms with Crippen LogP contribution < -0.4 is 9.47 Å². The van der Waals surface area contributed by atoms with Crippen molar-refractivity contribution in [2.24, 2.45) is 0 Å². The Labute approximate surface area is 147 Å². The summed E-state index contributed by atoms with van der Waals surface area (Å²) < 4.78 is 11.2. The third-order valence-electron chi connectivity index (χ3n) is 3.24. The molecule has 6 heteroatoms. The number of benzene rings is 1. The molecule has 1 aromatic carbocycles. The molecule has 0 fully saturated rings. The van der Waals surface area contributed by atoms with Crippen LogP contribution in [-0.2, 0) is 0 Å². The molecule has 0 unspecified atom stereocenters. The number of Topliss-reactive ketones (excluding diaryl/α,β-unsaturated/α-hetero) is 1. The standard InChI is InChI=1S/C17H14BrNO3S/c1-10-4-5-23-17(10)16(20)12(9-19)6-11-7-14(21-2)15(22-3)8-13(11)18/h4-8H,1-3H3/b12-6-. The summed E-state index contributed by atoms with van der Waals surface area (Å²) in [6, 6.07) is 7.30. The highest BCUT2D eigenvalue weighted by Crippen LogP contribution is 2.34. The maximum Gasteiger partial charge on any atom is 0.213 e. The Morgan fingerprint density at radius 1 is 1.30 bits per heavy atom. The number of rotatable bonds is 5. The molecule has 0 atom stereocenters. The van der Waals surface area contributed by atoms with Gasteiger partial charge in [0, 0.05) is 4.47 Å². The number of hydrogen-bond acceptors (Lipinski definition) is 5. The van der Waals surface area contributed by atoms with Crippen molar-refractivity contribution in [3.05, 3.63) is 49.6 Å². The first kappa shape index (κ1) is 17.3. The van der Waals surface area contributed by atoms with Gasteiger partial charge in [-0.25, -0.2) is 0 Å². The molecule has 23 heavy (non-hydrogen) atoms. The monoisotopic (exact) mass is 391 g/mol.